The lowest BCUT2D eigenvalue weighted by atomic mass is 10.2. The second kappa shape index (κ2) is 8.59. The van der Waals surface area contributed by atoms with Gasteiger partial charge in [-0.25, -0.2) is 0 Å². The fourth-order valence-electron chi connectivity index (χ4n) is 1.74. The molecule has 0 bridgehead atoms. The molecule has 1 heterocycles. The van der Waals surface area contributed by atoms with Gasteiger partial charge in [0.25, 0.3) is 5.91 Å². The van der Waals surface area contributed by atoms with Crippen LogP contribution >= 0.6 is 23.7 Å². The third-order valence-corrected chi connectivity index (χ3v) is 3.75. The van der Waals surface area contributed by atoms with Crippen molar-refractivity contribution in [3.05, 3.63) is 34.8 Å². The van der Waals surface area contributed by atoms with E-state index < -0.39 is 0 Å². The van der Waals surface area contributed by atoms with Gasteiger partial charge in [-0.3, -0.25) is 10.1 Å². The van der Waals surface area contributed by atoms with Crippen LogP contribution in [-0.2, 0) is 6.42 Å². The van der Waals surface area contributed by atoms with Gasteiger partial charge in [-0.2, -0.15) is 0 Å². The number of nitrogen functional groups attached to an aromatic ring is 1. The SMILES string of the molecule is CCCCCc1nnc(NC(=O)c2ccc(N)cc2)s1.Cl. The van der Waals surface area contributed by atoms with Gasteiger partial charge in [0.15, 0.2) is 0 Å². The first-order chi connectivity index (χ1) is 9.69. The summed E-state index contributed by atoms with van der Waals surface area (Å²) in [5, 5.41) is 12.3. The summed E-state index contributed by atoms with van der Waals surface area (Å²) in [5.74, 6) is -0.193. The molecule has 1 amide bonds. The average molecular weight is 327 g/mol. The van der Waals surface area contributed by atoms with Crippen molar-refractivity contribution in [3.8, 4) is 0 Å². The third-order valence-electron chi connectivity index (χ3n) is 2.85. The summed E-state index contributed by atoms with van der Waals surface area (Å²) in [6, 6.07) is 6.78. The Hall–Kier alpha value is -1.66. The molecular weight excluding hydrogens is 308 g/mol. The highest BCUT2D eigenvalue weighted by Crippen LogP contribution is 2.18. The van der Waals surface area contributed by atoms with Gasteiger partial charge in [-0.05, 0) is 30.7 Å². The number of nitrogens with two attached hydrogens (primary N) is 1. The first kappa shape index (κ1) is 17.4. The van der Waals surface area contributed by atoms with Gasteiger partial charge in [0.1, 0.15) is 5.01 Å². The van der Waals surface area contributed by atoms with E-state index in [1.54, 1.807) is 24.3 Å². The van der Waals surface area contributed by atoms with Crippen molar-refractivity contribution >= 4 is 40.5 Å². The third kappa shape index (κ3) is 5.32. The van der Waals surface area contributed by atoms with Gasteiger partial charge in [-0.15, -0.1) is 22.6 Å². The Morgan fingerprint density at radius 1 is 1.24 bits per heavy atom. The first-order valence-electron chi connectivity index (χ1n) is 6.68. The van der Waals surface area contributed by atoms with Crippen molar-refractivity contribution in [1.82, 2.24) is 10.2 Å². The normalized spacial score (nSPS) is 9.95. The molecule has 0 unspecified atom stereocenters. The zero-order chi connectivity index (χ0) is 14.4. The molecule has 0 aliphatic heterocycles. The molecule has 2 aromatic rings. The number of anilines is 2. The minimum atomic E-state index is -0.193. The van der Waals surface area contributed by atoms with Gasteiger partial charge in [0.2, 0.25) is 5.13 Å². The van der Waals surface area contributed by atoms with E-state index in [2.05, 4.69) is 22.4 Å². The van der Waals surface area contributed by atoms with Crippen molar-refractivity contribution in [3.63, 3.8) is 0 Å². The zero-order valence-electron chi connectivity index (χ0n) is 11.8. The van der Waals surface area contributed by atoms with Crippen molar-refractivity contribution in [2.45, 2.75) is 32.6 Å². The lowest BCUT2D eigenvalue weighted by Crippen LogP contribution is -2.11. The molecule has 0 spiro atoms. The van der Waals surface area contributed by atoms with Gasteiger partial charge in [0.05, 0.1) is 0 Å². The van der Waals surface area contributed by atoms with Crippen molar-refractivity contribution in [1.29, 1.82) is 0 Å². The average Bonchev–Trinajstić information content (AvgIpc) is 2.87. The van der Waals surface area contributed by atoms with E-state index in [0.717, 1.165) is 17.8 Å². The Labute approximate surface area is 134 Å². The Morgan fingerprint density at radius 3 is 2.62 bits per heavy atom. The Balaban J connectivity index is 0.00000220. The van der Waals surface area contributed by atoms with Crippen LogP contribution in [0.25, 0.3) is 0 Å². The predicted molar refractivity (Wildman–Crippen MR) is 89.2 cm³/mol. The molecule has 0 fully saturated rings. The number of hydrogen-bond acceptors (Lipinski definition) is 5. The van der Waals surface area contributed by atoms with E-state index in [-0.39, 0.29) is 18.3 Å². The van der Waals surface area contributed by atoms with Crippen LogP contribution in [0.15, 0.2) is 24.3 Å². The molecule has 0 aliphatic carbocycles. The minimum Gasteiger partial charge on any atom is -0.399 e. The summed E-state index contributed by atoms with van der Waals surface area (Å²) in [7, 11) is 0. The van der Waals surface area contributed by atoms with Crippen LogP contribution in [0, 0.1) is 0 Å². The van der Waals surface area contributed by atoms with E-state index in [4.69, 9.17) is 5.73 Å². The Kier molecular flexibility index (Phi) is 7.11. The number of nitrogens with zero attached hydrogens (tertiary/aromatic N) is 2. The topological polar surface area (TPSA) is 80.9 Å². The fourth-order valence-corrected chi connectivity index (χ4v) is 2.51. The van der Waals surface area contributed by atoms with E-state index >= 15 is 0 Å². The highest BCUT2D eigenvalue weighted by molar-refractivity contribution is 7.15. The quantitative estimate of drug-likeness (QED) is 0.628. The second-order valence-electron chi connectivity index (χ2n) is 4.53. The molecule has 0 aliphatic rings. The van der Waals surface area contributed by atoms with Gasteiger partial charge < -0.3 is 5.73 Å². The van der Waals surface area contributed by atoms with Crippen LogP contribution < -0.4 is 11.1 Å². The number of carbonyl (C=O) groups excluding carboxylic acids is 1. The summed E-state index contributed by atoms with van der Waals surface area (Å²) in [5.41, 5.74) is 6.78. The van der Waals surface area contributed by atoms with Crippen molar-refractivity contribution in [2.75, 3.05) is 11.1 Å². The largest absolute Gasteiger partial charge is 0.399 e. The summed E-state index contributed by atoms with van der Waals surface area (Å²) in [6.45, 7) is 2.17. The van der Waals surface area contributed by atoms with Gasteiger partial charge >= 0.3 is 0 Å². The molecule has 21 heavy (non-hydrogen) atoms. The number of nitrogens with one attached hydrogen (secondary N) is 1. The number of amides is 1. The van der Waals surface area contributed by atoms with E-state index in [1.807, 2.05) is 0 Å². The van der Waals surface area contributed by atoms with Crippen LogP contribution in [0.2, 0.25) is 0 Å². The summed E-state index contributed by atoms with van der Waals surface area (Å²) >= 11 is 1.43. The molecule has 1 aromatic carbocycles. The van der Waals surface area contributed by atoms with E-state index in [9.17, 15) is 4.79 Å². The molecule has 0 saturated heterocycles. The molecule has 7 heteroatoms. The number of hydrogen-bond donors (Lipinski definition) is 2. The number of aromatic nitrogens is 2. The molecule has 3 N–H and O–H groups in total. The summed E-state index contributed by atoms with van der Waals surface area (Å²) in [4.78, 5) is 12.0. The predicted octanol–water partition coefficient (Wildman–Crippen LogP) is 3.53. The molecule has 0 radical (unpaired) electrons. The van der Waals surface area contributed by atoms with Crippen LogP contribution in [0.4, 0.5) is 10.8 Å². The molecule has 2 rings (SSSR count). The molecule has 114 valence electrons. The Morgan fingerprint density at radius 2 is 1.95 bits per heavy atom. The van der Waals surface area contributed by atoms with Crippen LogP contribution in [-0.4, -0.2) is 16.1 Å². The van der Waals surface area contributed by atoms with Crippen molar-refractivity contribution < 1.29 is 4.79 Å². The molecule has 0 atom stereocenters. The number of halogens is 1. The molecular formula is C14H19ClN4OS. The second-order valence-corrected chi connectivity index (χ2v) is 5.60. The van der Waals surface area contributed by atoms with E-state index in [0.29, 0.717) is 16.4 Å². The fraction of sp³-hybridized carbons (Fsp3) is 0.357. The summed E-state index contributed by atoms with van der Waals surface area (Å²) in [6.07, 6.45) is 4.40. The monoisotopic (exact) mass is 326 g/mol. The maximum absolute atomic E-state index is 12.0. The smallest absolute Gasteiger partial charge is 0.257 e. The molecule has 5 nitrogen and oxygen atoms in total. The molecule has 1 aromatic heterocycles. The van der Waals surface area contributed by atoms with Crippen LogP contribution in [0.5, 0.6) is 0 Å². The minimum absolute atomic E-state index is 0. The highest BCUT2D eigenvalue weighted by Gasteiger charge is 2.09. The lowest BCUT2D eigenvalue weighted by molar-refractivity contribution is 0.102. The lowest BCUT2D eigenvalue weighted by Gasteiger charge is -2.01. The number of aryl methyl sites for hydroxylation is 1. The number of rotatable bonds is 6. The van der Waals surface area contributed by atoms with E-state index in [1.165, 1.54) is 24.2 Å². The summed E-state index contributed by atoms with van der Waals surface area (Å²) < 4.78 is 0. The van der Waals surface area contributed by atoms with Crippen LogP contribution in [0.3, 0.4) is 0 Å². The maximum Gasteiger partial charge on any atom is 0.257 e. The first-order valence-corrected chi connectivity index (χ1v) is 7.50. The molecule has 0 saturated carbocycles. The zero-order valence-corrected chi connectivity index (χ0v) is 13.5. The Bertz CT molecular complexity index is 571. The number of unbranched alkanes of at least 4 members (excludes halogenated alkanes) is 2. The number of benzene rings is 1. The van der Waals surface area contributed by atoms with Crippen LogP contribution in [0.1, 0.15) is 41.6 Å². The van der Waals surface area contributed by atoms with Crippen molar-refractivity contribution in [2.24, 2.45) is 0 Å². The maximum atomic E-state index is 12.0. The highest BCUT2D eigenvalue weighted by atomic mass is 35.5. The number of carbonyl (C=O) groups is 1. The van der Waals surface area contributed by atoms with Gasteiger partial charge in [-0.1, -0.05) is 31.1 Å². The standard InChI is InChI=1S/C14H18N4OS.ClH/c1-2-3-4-5-12-17-18-14(20-12)16-13(19)10-6-8-11(15)9-7-10;/h6-9H,2-5,15H2,1H3,(H,16,18,19);1H. The van der Waals surface area contributed by atoms with Gasteiger partial charge in [0, 0.05) is 17.7 Å².